The third-order valence-corrected chi connectivity index (χ3v) is 1.67. The summed E-state index contributed by atoms with van der Waals surface area (Å²) < 4.78 is 0. The van der Waals surface area contributed by atoms with E-state index in [4.69, 9.17) is 15.3 Å². The predicted molar refractivity (Wildman–Crippen MR) is 47.4 cm³/mol. The van der Waals surface area contributed by atoms with Crippen LogP contribution in [0.5, 0.6) is 0 Å². The number of carboxylic acid groups (broad SMARTS) is 1. The lowest BCUT2D eigenvalue weighted by molar-refractivity contribution is -0.136. The fraction of sp³-hybridized carbons (Fsp3) is 0.333. The van der Waals surface area contributed by atoms with Gasteiger partial charge in [-0.2, -0.15) is 0 Å². The molecule has 0 aliphatic carbocycles. The SMILES string of the molecule is O=C(O)Cc1cc(CO)nc(CO)c1. The molecular weight excluding hydrogens is 186 g/mol. The number of aromatic nitrogens is 1. The van der Waals surface area contributed by atoms with E-state index in [0.717, 1.165) is 0 Å². The van der Waals surface area contributed by atoms with Crippen molar-refractivity contribution >= 4 is 5.97 Å². The molecule has 5 nitrogen and oxygen atoms in total. The molecule has 0 unspecified atom stereocenters. The van der Waals surface area contributed by atoms with E-state index in [1.165, 1.54) is 12.1 Å². The Labute approximate surface area is 80.7 Å². The first-order valence-corrected chi connectivity index (χ1v) is 4.08. The third-order valence-electron chi connectivity index (χ3n) is 1.67. The second-order valence-corrected chi connectivity index (χ2v) is 2.84. The van der Waals surface area contributed by atoms with E-state index < -0.39 is 5.97 Å². The first-order valence-electron chi connectivity index (χ1n) is 4.08. The summed E-state index contributed by atoms with van der Waals surface area (Å²) in [5.41, 5.74) is 1.27. The number of rotatable bonds is 4. The Morgan fingerprint density at radius 1 is 1.21 bits per heavy atom. The fourth-order valence-electron chi connectivity index (χ4n) is 1.16. The molecule has 5 heteroatoms. The summed E-state index contributed by atoms with van der Waals surface area (Å²) in [4.78, 5) is 14.3. The molecule has 0 aromatic carbocycles. The zero-order valence-corrected chi connectivity index (χ0v) is 7.47. The van der Waals surface area contributed by atoms with Crippen molar-refractivity contribution < 1.29 is 20.1 Å². The predicted octanol–water partition coefficient (Wildman–Crippen LogP) is -0.307. The highest BCUT2D eigenvalue weighted by molar-refractivity contribution is 5.70. The molecule has 0 atom stereocenters. The van der Waals surface area contributed by atoms with E-state index >= 15 is 0 Å². The minimum atomic E-state index is -0.955. The molecule has 1 aromatic heterocycles. The van der Waals surface area contributed by atoms with Crippen LogP contribution in [0.3, 0.4) is 0 Å². The van der Waals surface area contributed by atoms with Gasteiger partial charge in [0.2, 0.25) is 0 Å². The Balaban J connectivity index is 2.98. The maximum absolute atomic E-state index is 10.4. The lowest BCUT2D eigenvalue weighted by atomic mass is 10.1. The first-order chi connectivity index (χ1) is 6.65. The van der Waals surface area contributed by atoms with Gasteiger partial charge in [0.25, 0.3) is 0 Å². The number of nitrogens with zero attached hydrogens (tertiary/aromatic N) is 1. The number of carboxylic acids is 1. The lowest BCUT2D eigenvalue weighted by Crippen LogP contribution is -2.04. The van der Waals surface area contributed by atoms with E-state index in [0.29, 0.717) is 17.0 Å². The van der Waals surface area contributed by atoms with Crippen molar-refractivity contribution in [2.45, 2.75) is 19.6 Å². The van der Waals surface area contributed by atoms with Gasteiger partial charge in [0.1, 0.15) is 0 Å². The van der Waals surface area contributed by atoms with E-state index in [1.54, 1.807) is 0 Å². The quantitative estimate of drug-likeness (QED) is 0.616. The second kappa shape index (κ2) is 4.69. The minimum absolute atomic E-state index is 0.136. The molecule has 76 valence electrons. The molecule has 3 N–H and O–H groups in total. The van der Waals surface area contributed by atoms with Crippen LogP contribution in [0.15, 0.2) is 12.1 Å². The Bertz CT molecular complexity index is 315. The van der Waals surface area contributed by atoms with E-state index in [9.17, 15) is 4.79 Å². The van der Waals surface area contributed by atoms with Crippen LogP contribution >= 0.6 is 0 Å². The Kier molecular flexibility index (Phi) is 3.55. The minimum Gasteiger partial charge on any atom is -0.481 e. The number of pyridine rings is 1. The van der Waals surface area contributed by atoms with E-state index in [-0.39, 0.29) is 19.6 Å². The maximum Gasteiger partial charge on any atom is 0.307 e. The molecule has 0 spiro atoms. The monoisotopic (exact) mass is 197 g/mol. The van der Waals surface area contributed by atoms with Gasteiger partial charge in [0.15, 0.2) is 0 Å². The van der Waals surface area contributed by atoms with Crippen LogP contribution in [-0.2, 0) is 24.4 Å². The zero-order valence-electron chi connectivity index (χ0n) is 7.47. The van der Waals surface area contributed by atoms with Crippen LogP contribution in [0.4, 0.5) is 0 Å². The molecule has 0 saturated heterocycles. The number of hydrogen-bond acceptors (Lipinski definition) is 4. The number of aliphatic carboxylic acids is 1. The maximum atomic E-state index is 10.4. The summed E-state index contributed by atoms with van der Waals surface area (Å²) in [5.74, 6) is -0.955. The summed E-state index contributed by atoms with van der Waals surface area (Å²) in [6, 6.07) is 3.01. The molecule has 0 amide bonds. The molecule has 0 fully saturated rings. The van der Waals surface area contributed by atoms with Crippen molar-refractivity contribution in [3.05, 3.63) is 29.1 Å². The fourth-order valence-corrected chi connectivity index (χ4v) is 1.16. The highest BCUT2D eigenvalue weighted by Gasteiger charge is 2.05. The third kappa shape index (κ3) is 2.79. The molecule has 0 aliphatic heterocycles. The first kappa shape index (κ1) is 10.6. The van der Waals surface area contributed by atoms with Gasteiger partial charge in [-0.25, -0.2) is 0 Å². The number of aliphatic hydroxyl groups is 2. The lowest BCUT2D eigenvalue weighted by Gasteiger charge is -2.03. The molecule has 0 saturated carbocycles. The average Bonchev–Trinajstić information content (AvgIpc) is 2.16. The van der Waals surface area contributed by atoms with Crippen LogP contribution in [0.2, 0.25) is 0 Å². The van der Waals surface area contributed by atoms with Gasteiger partial charge < -0.3 is 15.3 Å². The zero-order chi connectivity index (χ0) is 10.6. The van der Waals surface area contributed by atoms with Crippen molar-refractivity contribution in [2.75, 3.05) is 0 Å². The van der Waals surface area contributed by atoms with Crippen LogP contribution < -0.4 is 0 Å². The van der Waals surface area contributed by atoms with E-state index in [2.05, 4.69) is 4.98 Å². The molecule has 1 rings (SSSR count). The smallest absolute Gasteiger partial charge is 0.307 e. The van der Waals surface area contributed by atoms with Crippen LogP contribution in [-0.4, -0.2) is 26.3 Å². The van der Waals surface area contributed by atoms with Crippen molar-refractivity contribution in [3.8, 4) is 0 Å². The van der Waals surface area contributed by atoms with Crippen LogP contribution in [0, 0.1) is 0 Å². The van der Waals surface area contributed by atoms with E-state index in [1.807, 2.05) is 0 Å². The van der Waals surface area contributed by atoms with Crippen molar-refractivity contribution in [1.29, 1.82) is 0 Å². The highest BCUT2D eigenvalue weighted by atomic mass is 16.4. The van der Waals surface area contributed by atoms with Gasteiger partial charge in [-0.15, -0.1) is 0 Å². The summed E-state index contributed by atoms with van der Waals surface area (Å²) in [5, 5.41) is 26.2. The molecule has 0 aliphatic rings. The van der Waals surface area contributed by atoms with Gasteiger partial charge in [0, 0.05) is 0 Å². The molecular formula is C9H11NO4. The van der Waals surface area contributed by atoms with Crippen molar-refractivity contribution in [3.63, 3.8) is 0 Å². The average molecular weight is 197 g/mol. The van der Waals surface area contributed by atoms with Crippen molar-refractivity contribution in [2.24, 2.45) is 0 Å². The van der Waals surface area contributed by atoms with Crippen molar-refractivity contribution in [1.82, 2.24) is 4.98 Å². The highest BCUT2D eigenvalue weighted by Crippen LogP contribution is 2.07. The second-order valence-electron chi connectivity index (χ2n) is 2.84. The molecule has 1 aromatic rings. The van der Waals surface area contributed by atoms with Gasteiger partial charge >= 0.3 is 5.97 Å². The topological polar surface area (TPSA) is 90.7 Å². The summed E-state index contributed by atoms with van der Waals surface area (Å²) in [6.07, 6.45) is -0.136. The molecule has 1 heterocycles. The van der Waals surface area contributed by atoms with Crippen LogP contribution in [0.25, 0.3) is 0 Å². The van der Waals surface area contributed by atoms with Gasteiger partial charge in [-0.05, 0) is 17.7 Å². The van der Waals surface area contributed by atoms with Gasteiger partial charge in [-0.3, -0.25) is 9.78 Å². The van der Waals surface area contributed by atoms with Gasteiger partial charge in [0.05, 0.1) is 31.0 Å². The number of carbonyl (C=O) groups is 1. The molecule has 14 heavy (non-hydrogen) atoms. The largest absolute Gasteiger partial charge is 0.481 e. The van der Waals surface area contributed by atoms with Gasteiger partial charge in [-0.1, -0.05) is 0 Å². The Hall–Kier alpha value is -1.46. The van der Waals surface area contributed by atoms with Crippen LogP contribution in [0.1, 0.15) is 17.0 Å². The summed E-state index contributed by atoms with van der Waals surface area (Å²) >= 11 is 0. The number of hydrogen-bond donors (Lipinski definition) is 3. The molecule has 0 bridgehead atoms. The summed E-state index contributed by atoms with van der Waals surface area (Å²) in [6.45, 7) is -0.527. The Morgan fingerprint density at radius 2 is 1.71 bits per heavy atom. The molecule has 0 radical (unpaired) electrons. The normalized spacial score (nSPS) is 10.1. The standard InChI is InChI=1S/C9H11NO4/c11-4-7-1-6(3-9(13)14)2-8(5-12)10-7/h1-2,11-12H,3-5H2,(H,13,14). The number of aliphatic hydroxyl groups excluding tert-OH is 2. The summed E-state index contributed by atoms with van der Waals surface area (Å²) in [7, 11) is 0. The Morgan fingerprint density at radius 3 is 2.07 bits per heavy atom.